The maximum Gasteiger partial charge on any atom is 0.274 e. The molecular weight excluding hydrogens is 154 g/mol. The molecule has 0 N–H and O–H groups in total. The van der Waals surface area contributed by atoms with E-state index in [2.05, 4.69) is 20.4 Å². The van der Waals surface area contributed by atoms with Crippen molar-refractivity contribution in [3.05, 3.63) is 18.2 Å². The first kappa shape index (κ1) is 8.58. The van der Waals surface area contributed by atoms with Crippen LogP contribution in [-0.2, 0) is 0 Å². The van der Waals surface area contributed by atoms with E-state index >= 15 is 0 Å². The highest BCUT2D eigenvalue weighted by atomic mass is 15.3. The molecule has 2 aromatic rings. The molecule has 2 aromatic heterocycles. The Kier molecular flexibility index (Phi) is 2.68. The maximum atomic E-state index is 3.74. The van der Waals surface area contributed by atoms with Gasteiger partial charge in [0.2, 0.25) is 0 Å². The molecule has 0 amide bonds. The van der Waals surface area contributed by atoms with Crippen LogP contribution in [0.25, 0.3) is 5.78 Å². The van der Waals surface area contributed by atoms with E-state index in [4.69, 9.17) is 0 Å². The second-order valence-corrected chi connectivity index (χ2v) is 1.99. The first-order valence-corrected chi connectivity index (χ1v) is 3.86. The molecule has 0 fully saturated rings. The van der Waals surface area contributed by atoms with Crippen LogP contribution in [0.5, 0.6) is 0 Å². The highest BCUT2D eigenvalue weighted by Gasteiger charge is 1.96. The largest absolute Gasteiger partial charge is 0.274 e. The molecule has 5 nitrogen and oxygen atoms in total. The van der Waals surface area contributed by atoms with Crippen molar-refractivity contribution in [3.8, 4) is 0 Å². The molecule has 5 heteroatoms. The summed E-state index contributed by atoms with van der Waals surface area (Å²) in [7, 11) is 0. The number of aromatic nitrogens is 5. The third-order valence-electron chi connectivity index (χ3n) is 1.30. The molecule has 0 aromatic carbocycles. The monoisotopic (exact) mass is 165 g/mol. The van der Waals surface area contributed by atoms with Crippen LogP contribution in [0.3, 0.4) is 0 Å². The molecule has 0 aliphatic rings. The van der Waals surface area contributed by atoms with E-state index in [1.165, 1.54) is 0 Å². The standard InChI is InChI=1S/C5H5N5.C2H6/c1-4-2-6-8-5-9-7-3-10(4)5;1-2/h2-3H,1H3;1-2H3. The fourth-order valence-electron chi connectivity index (χ4n) is 0.772. The van der Waals surface area contributed by atoms with Gasteiger partial charge in [0.05, 0.1) is 6.20 Å². The Hall–Kier alpha value is -1.52. The lowest BCUT2D eigenvalue weighted by atomic mass is 10.5. The van der Waals surface area contributed by atoms with Crippen LogP contribution >= 0.6 is 0 Å². The van der Waals surface area contributed by atoms with Gasteiger partial charge in [-0.3, -0.25) is 4.40 Å². The topological polar surface area (TPSA) is 56.0 Å². The molecule has 0 spiro atoms. The van der Waals surface area contributed by atoms with Crippen LogP contribution < -0.4 is 0 Å². The van der Waals surface area contributed by atoms with Gasteiger partial charge in [-0.1, -0.05) is 13.8 Å². The summed E-state index contributed by atoms with van der Waals surface area (Å²) in [5, 5.41) is 14.8. The first-order chi connectivity index (χ1) is 5.88. The van der Waals surface area contributed by atoms with Gasteiger partial charge in [-0.05, 0) is 6.92 Å². The minimum Gasteiger partial charge on any atom is -0.267 e. The van der Waals surface area contributed by atoms with Crippen molar-refractivity contribution in [1.29, 1.82) is 0 Å². The zero-order valence-corrected chi connectivity index (χ0v) is 7.39. The average molecular weight is 165 g/mol. The SMILES string of the molecule is CC.Cc1cnnc2nncn12. The van der Waals surface area contributed by atoms with Crippen molar-refractivity contribution in [2.75, 3.05) is 0 Å². The van der Waals surface area contributed by atoms with Gasteiger partial charge >= 0.3 is 0 Å². The first-order valence-electron chi connectivity index (χ1n) is 3.86. The molecule has 0 atom stereocenters. The van der Waals surface area contributed by atoms with Gasteiger partial charge in [-0.15, -0.1) is 15.3 Å². The highest BCUT2D eigenvalue weighted by molar-refractivity contribution is 5.23. The zero-order chi connectivity index (χ0) is 8.97. The summed E-state index contributed by atoms with van der Waals surface area (Å²) < 4.78 is 1.77. The van der Waals surface area contributed by atoms with Gasteiger partial charge < -0.3 is 0 Å². The lowest BCUT2D eigenvalue weighted by molar-refractivity contribution is 0.928. The highest BCUT2D eigenvalue weighted by Crippen LogP contribution is 1.95. The van der Waals surface area contributed by atoms with Crippen molar-refractivity contribution < 1.29 is 0 Å². The van der Waals surface area contributed by atoms with Crippen LogP contribution in [0.1, 0.15) is 19.5 Å². The van der Waals surface area contributed by atoms with Crippen molar-refractivity contribution in [2.45, 2.75) is 20.8 Å². The van der Waals surface area contributed by atoms with Gasteiger partial charge in [-0.25, -0.2) is 0 Å². The Bertz CT molecular complexity index is 353. The third-order valence-corrected chi connectivity index (χ3v) is 1.30. The molecule has 0 aliphatic carbocycles. The normalized spacial score (nSPS) is 9.25. The van der Waals surface area contributed by atoms with E-state index in [0.29, 0.717) is 5.78 Å². The molecule has 2 heterocycles. The van der Waals surface area contributed by atoms with Crippen molar-refractivity contribution in [2.24, 2.45) is 0 Å². The number of rotatable bonds is 0. The quantitative estimate of drug-likeness (QED) is 0.580. The minimum atomic E-state index is 0.542. The third kappa shape index (κ3) is 1.39. The smallest absolute Gasteiger partial charge is 0.267 e. The van der Waals surface area contributed by atoms with Crippen LogP contribution in [0.4, 0.5) is 0 Å². The Morgan fingerprint density at radius 3 is 2.50 bits per heavy atom. The second-order valence-electron chi connectivity index (χ2n) is 1.99. The number of nitrogens with zero attached hydrogens (tertiary/aromatic N) is 5. The summed E-state index contributed by atoms with van der Waals surface area (Å²) in [6.07, 6.45) is 3.27. The molecular formula is C7H11N5. The molecule has 12 heavy (non-hydrogen) atoms. The predicted octanol–water partition coefficient (Wildman–Crippen LogP) is 0.854. The van der Waals surface area contributed by atoms with E-state index in [-0.39, 0.29) is 0 Å². The van der Waals surface area contributed by atoms with Crippen molar-refractivity contribution in [3.63, 3.8) is 0 Å². The van der Waals surface area contributed by atoms with E-state index in [9.17, 15) is 0 Å². The molecule has 0 radical (unpaired) electrons. The Morgan fingerprint density at radius 2 is 1.83 bits per heavy atom. The molecule has 0 saturated heterocycles. The number of fused-ring (bicyclic) bond motifs is 1. The number of hydrogen-bond acceptors (Lipinski definition) is 4. The Balaban J connectivity index is 0.000000336. The van der Waals surface area contributed by atoms with Crippen molar-refractivity contribution >= 4 is 5.78 Å². The number of aryl methyl sites for hydroxylation is 1. The maximum absolute atomic E-state index is 3.74. The van der Waals surface area contributed by atoms with Gasteiger partial charge in [-0.2, -0.15) is 5.10 Å². The zero-order valence-electron chi connectivity index (χ0n) is 7.39. The van der Waals surface area contributed by atoms with E-state index in [1.807, 2.05) is 20.8 Å². The van der Waals surface area contributed by atoms with E-state index in [1.54, 1.807) is 16.9 Å². The summed E-state index contributed by atoms with van der Waals surface area (Å²) in [4.78, 5) is 0. The fraction of sp³-hybridized carbons (Fsp3) is 0.429. The van der Waals surface area contributed by atoms with Gasteiger partial charge in [0, 0.05) is 5.69 Å². The minimum absolute atomic E-state index is 0.542. The number of hydrogen-bond donors (Lipinski definition) is 0. The lowest BCUT2D eigenvalue weighted by Crippen LogP contribution is -1.94. The molecule has 2 rings (SSSR count). The summed E-state index contributed by atoms with van der Waals surface area (Å²) in [5.74, 6) is 0.542. The summed E-state index contributed by atoms with van der Waals surface area (Å²) in [6.45, 7) is 5.92. The average Bonchev–Trinajstić information content (AvgIpc) is 2.57. The molecule has 0 bridgehead atoms. The summed E-state index contributed by atoms with van der Waals surface area (Å²) >= 11 is 0. The molecule has 0 saturated carbocycles. The summed E-state index contributed by atoms with van der Waals surface area (Å²) in [5.41, 5.74) is 0.981. The predicted molar refractivity (Wildman–Crippen MR) is 44.7 cm³/mol. The molecule has 0 unspecified atom stereocenters. The van der Waals surface area contributed by atoms with Crippen molar-refractivity contribution in [1.82, 2.24) is 24.8 Å². The van der Waals surface area contributed by atoms with Gasteiger partial charge in [0.25, 0.3) is 5.78 Å². The van der Waals surface area contributed by atoms with E-state index in [0.717, 1.165) is 5.69 Å². The molecule has 64 valence electrons. The molecule has 0 aliphatic heterocycles. The Labute approximate surface area is 70.5 Å². The second kappa shape index (κ2) is 3.75. The van der Waals surface area contributed by atoms with Crippen LogP contribution in [0, 0.1) is 6.92 Å². The Morgan fingerprint density at radius 1 is 1.17 bits per heavy atom. The lowest BCUT2D eigenvalue weighted by Gasteiger charge is -1.91. The van der Waals surface area contributed by atoms with E-state index < -0.39 is 0 Å². The van der Waals surface area contributed by atoms with Crippen LogP contribution in [-0.4, -0.2) is 24.8 Å². The van der Waals surface area contributed by atoms with Gasteiger partial charge in [0.1, 0.15) is 6.33 Å². The summed E-state index contributed by atoms with van der Waals surface area (Å²) in [6, 6.07) is 0. The van der Waals surface area contributed by atoms with Gasteiger partial charge in [0.15, 0.2) is 0 Å². The van der Waals surface area contributed by atoms with Crippen LogP contribution in [0.15, 0.2) is 12.5 Å². The van der Waals surface area contributed by atoms with Crippen LogP contribution in [0.2, 0.25) is 0 Å². The fourth-order valence-corrected chi connectivity index (χ4v) is 0.772.